The van der Waals surface area contributed by atoms with E-state index in [1.165, 1.54) is 0 Å². The predicted molar refractivity (Wildman–Crippen MR) is 60.8 cm³/mol. The van der Waals surface area contributed by atoms with Crippen LogP contribution in [0.4, 0.5) is 5.69 Å². The molecule has 1 aromatic carbocycles. The number of aromatic hydroxyl groups is 1. The summed E-state index contributed by atoms with van der Waals surface area (Å²) >= 11 is 6.59. The van der Waals surface area contributed by atoms with E-state index >= 15 is 0 Å². The molecular formula is C8H4Br2N2O2. The number of hydrogen-bond donors (Lipinski definition) is 2. The Bertz CT molecular complexity index is 522. The molecule has 0 aliphatic rings. The van der Waals surface area contributed by atoms with Gasteiger partial charge in [0, 0.05) is 14.3 Å². The van der Waals surface area contributed by atoms with Gasteiger partial charge in [-0.15, -0.1) is 4.91 Å². The second-order valence-corrected chi connectivity index (χ2v) is 4.49. The number of aromatic amines is 1. The van der Waals surface area contributed by atoms with Crippen molar-refractivity contribution in [1.29, 1.82) is 0 Å². The number of halogens is 2. The van der Waals surface area contributed by atoms with E-state index in [1.807, 2.05) is 6.07 Å². The van der Waals surface area contributed by atoms with Gasteiger partial charge >= 0.3 is 0 Å². The molecule has 0 radical (unpaired) electrons. The minimum Gasteiger partial charge on any atom is -0.493 e. The molecule has 0 spiro atoms. The second-order valence-electron chi connectivity index (χ2n) is 2.72. The largest absolute Gasteiger partial charge is 0.493 e. The van der Waals surface area contributed by atoms with Crippen molar-refractivity contribution in [3.63, 3.8) is 0 Å². The number of nitrogens with one attached hydrogen (secondary N) is 1. The van der Waals surface area contributed by atoms with E-state index in [0.29, 0.717) is 10.9 Å². The van der Waals surface area contributed by atoms with Crippen LogP contribution in [0.15, 0.2) is 26.3 Å². The maximum atomic E-state index is 10.5. The highest BCUT2D eigenvalue weighted by molar-refractivity contribution is 9.11. The molecule has 1 aromatic heterocycles. The van der Waals surface area contributed by atoms with Crippen LogP contribution in [0.5, 0.6) is 5.88 Å². The highest BCUT2D eigenvalue weighted by Crippen LogP contribution is 2.39. The van der Waals surface area contributed by atoms with Gasteiger partial charge in [-0.25, -0.2) is 0 Å². The van der Waals surface area contributed by atoms with Crippen molar-refractivity contribution < 1.29 is 5.11 Å². The number of nitrogens with zero attached hydrogens (tertiary/aromatic N) is 1. The third-order valence-corrected chi connectivity index (χ3v) is 2.95. The summed E-state index contributed by atoms with van der Waals surface area (Å²) < 4.78 is 1.56. The molecule has 0 unspecified atom stereocenters. The summed E-state index contributed by atoms with van der Waals surface area (Å²) in [6.45, 7) is 0. The molecule has 0 atom stereocenters. The van der Waals surface area contributed by atoms with Gasteiger partial charge in [0.2, 0.25) is 5.88 Å². The van der Waals surface area contributed by atoms with Gasteiger partial charge in [-0.3, -0.25) is 0 Å². The quantitative estimate of drug-likeness (QED) is 0.785. The summed E-state index contributed by atoms with van der Waals surface area (Å²) in [6, 6.07) is 3.53. The standard InChI is InChI=1S/C8H4Br2N2O2/c9-3-1-4-6(5(10)2-3)11-8(13)7(4)12-14/h1-2,11,13H. The fourth-order valence-electron chi connectivity index (χ4n) is 1.28. The van der Waals surface area contributed by atoms with Crippen molar-refractivity contribution in [1.82, 2.24) is 4.98 Å². The van der Waals surface area contributed by atoms with E-state index in [-0.39, 0.29) is 11.6 Å². The molecule has 6 heteroatoms. The second kappa shape index (κ2) is 3.36. The summed E-state index contributed by atoms with van der Waals surface area (Å²) in [5.74, 6) is -0.214. The van der Waals surface area contributed by atoms with E-state index in [2.05, 4.69) is 42.0 Å². The molecule has 0 amide bonds. The minimum atomic E-state index is -0.214. The summed E-state index contributed by atoms with van der Waals surface area (Å²) in [7, 11) is 0. The van der Waals surface area contributed by atoms with Crippen molar-refractivity contribution in [3.05, 3.63) is 26.0 Å². The number of fused-ring (bicyclic) bond motifs is 1. The average Bonchev–Trinajstić information content (AvgIpc) is 2.41. The van der Waals surface area contributed by atoms with Gasteiger partial charge in [-0.2, -0.15) is 0 Å². The van der Waals surface area contributed by atoms with Crippen LogP contribution in [0.3, 0.4) is 0 Å². The number of H-pyrrole nitrogens is 1. The Morgan fingerprint density at radius 3 is 2.71 bits per heavy atom. The molecule has 1 heterocycles. The highest BCUT2D eigenvalue weighted by Gasteiger charge is 2.13. The molecule has 0 aliphatic carbocycles. The molecule has 14 heavy (non-hydrogen) atoms. The maximum absolute atomic E-state index is 10.5. The Morgan fingerprint density at radius 2 is 2.07 bits per heavy atom. The van der Waals surface area contributed by atoms with Crippen molar-refractivity contribution >= 4 is 48.5 Å². The van der Waals surface area contributed by atoms with E-state index in [9.17, 15) is 10.0 Å². The number of hydrogen-bond acceptors (Lipinski definition) is 3. The van der Waals surface area contributed by atoms with Crippen molar-refractivity contribution in [2.75, 3.05) is 0 Å². The number of benzene rings is 1. The van der Waals surface area contributed by atoms with E-state index in [4.69, 9.17) is 0 Å². The number of rotatable bonds is 1. The molecule has 0 bridgehead atoms. The minimum absolute atomic E-state index is 0.0296. The first-order valence-electron chi connectivity index (χ1n) is 3.66. The van der Waals surface area contributed by atoms with Gasteiger partial charge in [0.15, 0.2) is 5.69 Å². The van der Waals surface area contributed by atoms with Gasteiger partial charge in [-0.05, 0) is 33.2 Å². The van der Waals surface area contributed by atoms with Crippen molar-refractivity contribution in [3.8, 4) is 5.88 Å². The van der Waals surface area contributed by atoms with E-state index < -0.39 is 0 Å². The molecule has 4 nitrogen and oxygen atoms in total. The van der Waals surface area contributed by atoms with Crippen LogP contribution in [0.2, 0.25) is 0 Å². The van der Waals surface area contributed by atoms with Crippen molar-refractivity contribution in [2.24, 2.45) is 5.18 Å². The van der Waals surface area contributed by atoms with Crippen LogP contribution >= 0.6 is 31.9 Å². The summed E-state index contributed by atoms with van der Waals surface area (Å²) in [5, 5.41) is 12.7. The summed E-state index contributed by atoms with van der Waals surface area (Å²) in [5.41, 5.74) is 0.683. The lowest BCUT2D eigenvalue weighted by Gasteiger charge is -1.95. The zero-order valence-electron chi connectivity index (χ0n) is 6.71. The predicted octanol–water partition coefficient (Wildman–Crippen LogP) is 3.80. The van der Waals surface area contributed by atoms with Gasteiger partial charge in [0.05, 0.1) is 5.52 Å². The SMILES string of the molecule is O=Nc1c(O)[nH]c2c(Br)cc(Br)cc12. The van der Waals surface area contributed by atoms with Gasteiger partial charge in [0.1, 0.15) is 0 Å². The van der Waals surface area contributed by atoms with Crippen molar-refractivity contribution in [2.45, 2.75) is 0 Å². The smallest absolute Gasteiger partial charge is 0.219 e. The molecule has 0 fully saturated rings. The Kier molecular flexibility index (Phi) is 2.32. The third kappa shape index (κ3) is 1.34. The molecule has 0 aliphatic heterocycles. The fourth-order valence-corrected chi connectivity index (χ4v) is 2.61. The van der Waals surface area contributed by atoms with E-state index in [0.717, 1.165) is 8.95 Å². The molecule has 2 aromatic rings. The average molecular weight is 320 g/mol. The first-order valence-corrected chi connectivity index (χ1v) is 5.25. The van der Waals surface area contributed by atoms with E-state index in [1.54, 1.807) is 6.07 Å². The lowest BCUT2D eigenvalue weighted by atomic mass is 10.2. The third-order valence-electron chi connectivity index (χ3n) is 1.87. The Labute approximate surface area is 95.5 Å². The number of nitroso groups, excluding NO2 is 1. The monoisotopic (exact) mass is 318 g/mol. The normalized spacial score (nSPS) is 10.7. The lowest BCUT2D eigenvalue weighted by molar-refractivity contribution is 0.460. The topological polar surface area (TPSA) is 65.4 Å². The van der Waals surface area contributed by atoms with Crippen LogP contribution < -0.4 is 0 Å². The molecule has 2 rings (SSSR count). The van der Waals surface area contributed by atoms with Crippen LogP contribution in [0, 0.1) is 4.91 Å². The first-order chi connectivity index (χ1) is 6.63. The maximum Gasteiger partial charge on any atom is 0.219 e. The lowest BCUT2D eigenvalue weighted by Crippen LogP contribution is -1.71. The first kappa shape index (κ1) is 9.67. The van der Waals surface area contributed by atoms with Crippen LogP contribution in [0.25, 0.3) is 10.9 Å². The Hall–Kier alpha value is -0.880. The molecule has 2 N–H and O–H groups in total. The summed E-state index contributed by atoms with van der Waals surface area (Å²) in [6.07, 6.45) is 0. The van der Waals surface area contributed by atoms with Gasteiger partial charge in [0.25, 0.3) is 0 Å². The molecular weight excluding hydrogens is 316 g/mol. The van der Waals surface area contributed by atoms with Crippen LogP contribution in [0.1, 0.15) is 0 Å². The molecule has 72 valence electrons. The van der Waals surface area contributed by atoms with Gasteiger partial charge in [-0.1, -0.05) is 15.9 Å². The van der Waals surface area contributed by atoms with Crippen LogP contribution in [-0.2, 0) is 0 Å². The van der Waals surface area contributed by atoms with Gasteiger partial charge < -0.3 is 10.1 Å². The molecule has 0 saturated heterocycles. The summed E-state index contributed by atoms with van der Waals surface area (Å²) in [4.78, 5) is 13.1. The zero-order chi connectivity index (χ0) is 10.3. The Balaban J connectivity index is 2.94. The number of aromatic nitrogens is 1. The fraction of sp³-hybridized carbons (Fsp3) is 0. The Morgan fingerprint density at radius 1 is 1.36 bits per heavy atom. The zero-order valence-corrected chi connectivity index (χ0v) is 9.89. The highest BCUT2D eigenvalue weighted by atomic mass is 79.9. The van der Waals surface area contributed by atoms with Crippen LogP contribution in [-0.4, -0.2) is 10.1 Å². The molecule has 0 saturated carbocycles.